The lowest BCUT2D eigenvalue weighted by Gasteiger charge is -2.08. The SMILES string of the molecule is Clc1ccc(Cn2ccnc2-c2cccs2)c(Cl)n1. The van der Waals surface area contributed by atoms with E-state index in [9.17, 15) is 0 Å². The second-order valence-electron chi connectivity index (χ2n) is 3.94. The van der Waals surface area contributed by atoms with Crippen LogP contribution in [0.1, 0.15) is 5.56 Å². The monoisotopic (exact) mass is 309 g/mol. The van der Waals surface area contributed by atoms with E-state index >= 15 is 0 Å². The van der Waals surface area contributed by atoms with E-state index in [2.05, 4.69) is 9.97 Å². The molecule has 0 fully saturated rings. The Kier molecular flexibility index (Phi) is 3.55. The molecule has 0 aliphatic carbocycles. The van der Waals surface area contributed by atoms with Crippen molar-refractivity contribution in [3.05, 3.63) is 57.9 Å². The maximum Gasteiger partial charge on any atom is 0.150 e. The van der Waals surface area contributed by atoms with E-state index in [1.165, 1.54) is 0 Å². The van der Waals surface area contributed by atoms with Crippen molar-refractivity contribution in [1.82, 2.24) is 14.5 Å². The van der Waals surface area contributed by atoms with E-state index in [1.54, 1.807) is 23.6 Å². The fraction of sp³-hybridized carbons (Fsp3) is 0.0769. The minimum Gasteiger partial charge on any atom is -0.326 e. The number of thiophene rings is 1. The van der Waals surface area contributed by atoms with Crippen LogP contribution < -0.4 is 0 Å². The zero-order valence-electron chi connectivity index (χ0n) is 9.75. The molecule has 0 radical (unpaired) electrons. The number of aromatic nitrogens is 3. The van der Waals surface area contributed by atoms with Gasteiger partial charge in [-0.3, -0.25) is 0 Å². The first-order valence-corrected chi connectivity index (χ1v) is 7.23. The lowest BCUT2D eigenvalue weighted by Crippen LogP contribution is -2.01. The summed E-state index contributed by atoms with van der Waals surface area (Å²) in [7, 11) is 0. The van der Waals surface area contributed by atoms with Crippen molar-refractivity contribution < 1.29 is 0 Å². The molecule has 19 heavy (non-hydrogen) atoms. The summed E-state index contributed by atoms with van der Waals surface area (Å²) in [6.45, 7) is 0.621. The number of rotatable bonds is 3. The van der Waals surface area contributed by atoms with Crippen molar-refractivity contribution in [2.24, 2.45) is 0 Å². The van der Waals surface area contributed by atoms with Crippen molar-refractivity contribution in [2.45, 2.75) is 6.54 Å². The van der Waals surface area contributed by atoms with Crippen molar-refractivity contribution in [3.8, 4) is 10.7 Å². The highest BCUT2D eigenvalue weighted by Crippen LogP contribution is 2.25. The lowest BCUT2D eigenvalue weighted by atomic mass is 10.3. The average molecular weight is 310 g/mol. The zero-order valence-corrected chi connectivity index (χ0v) is 12.1. The van der Waals surface area contributed by atoms with Crippen molar-refractivity contribution in [2.75, 3.05) is 0 Å². The highest BCUT2D eigenvalue weighted by atomic mass is 35.5. The summed E-state index contributed by atoms with van der Waals surface area (Å²) in [6.07, 6.45) is 3.71. The van der Waals surface area contributed by atoms with Crippen LogP contribution in [0.25, 0.3) is 10.7 Å². The predicted molar refractivity (Wildman–Crippen MR) is 78.9 cm³/mol. The normalized spacial score (nSPS) is 10.8. The molecule has 0 atom stereocenters. The van der Waals surface area contributed by atoms with Crippen molar-refractivity contribution in [3.63, 3.8) is 0 Å². The van der Waals surface area contributed by atoms with Crippen LogP contribution in [0.3, 0.4) is 0 Å². The third-order valence-electron chi connectivity index (χ3n) is 2.69. The van der Waals surface area contributed by atoms with Gasteiger partial charge >= 0.3 is 0 Å². The largest absolute Gasteiger partial charge is 0.326 e. The third kappa shape index (κ3) is 2.66. The Bertz CT molecular complexity index is 692. The summed E-state index contributed by atoms with van der Waals surface area (Å²) in [4.78, 5) is 9.56. The van der Waals surface area contributed by atoms with Crippen LogP contribution in [0.2, 0.25) is 10.3 Å². The molecule has 0 bridgehead atoms. The molecule has 96 valence electrons. The minimum absolute atomic E-state index is 0.401. The van der Waals surface area contributed by atoms with E-state index < -0.39 is 0 Å². The third-order valence-corrected chi connectivity index (χ3v) is 4.09. The molecule has 3 nitrogen and oxygen atoms in total. The molecule has 0 spiro atoms. The van der Waals surface area contributed by atoms with Gasteiger partial charge in [-0.2, -0.15) is 0 Å². The summed E-state index contributed by atoms with van der Waals surface area (Å²) >= 11 is 13.6. The van der Waals surface area contributed by atoms with Crippen LogP contribution in [0, 0.1) is 0 Å². The van der Waals surface area contributed by atoms with Crippen LogP contribution in [0.4, 0.5) is 0 Å². The Morgan fingerprint density at radius 1 is 1.21 bits per heavy atom. The van der Waals surface area contributed by atoms with Gasteiger partial charge < -0.3 is 4.57 Å². The number of hydrogen-bond acceptors (Lipinski definition) is 3. The smallest absolute Gasteiger partial charge is 0.150 e. The predicted octanol–water partition coefficient (Wildman–Crippen LogP) is 4.36. The Morgan fingerprint density at radius 2 is 2.11 bits per heavy atom. The second-order valence-corrected chi connectivity index (χ2v) is 5.63. The summed E-state index contributed by atoms with van der Waals surface area (Å²) in [5.41, 5.74) is 0.918. The molecule has 6 heteroatoms. The fourth-order valence-electron chi connectivity index (χ4n) is 1.81. The average Bonchev–Trinajstić information content (AvgIpc) is 3.03. The Morgan fingerprint density at radius 3 is 2.84 bits per heavy atom. The molecule has 0 aliphatic heterocycles. The van der Waals surface area contributed by atoms with Gasteiger partial charge in [0.1, 0.15) is 16.1 Å². The van der Waals surface area contributed by atoms with Crippen LogP contribution in [-0.2, 0) is 6.54 Å². The first-order chi connectivity index (χ1) is 9.24. The van der Waals surface area contributed by atoms with Gasteiger partial charge in [-0.05, 0) is 17.5 Å². The molecule has 3 aromatic heterocycles. The molecule has 0 aromatic carbocycles. The first kappa shape index (κ1) is 12.7. The topological polar surface area (TPSA) is 30.7 Å². The van der Waals surface area contributed by atoms with E-state index in [0.717, 1.165) is 16.3 Å². The molecule has 0 amide bonds. The summed E-state index contributed by atoms with van der Waals surface area (Å²) in [6, 6.07) is 7.68. The number of halogens is 2. The van der Waals surface area contributed by atoms with E-state index in [0.29, 0.717) is 16.9 Å². The Labute approximate surface area is 124 Å². The maximum atomic E-state index is 6.10. The highest BCUT2D eigenvalue weighted by Gasteiger charge is 2.09. The van der Waals surface area contributed by atoms with Crippen LogP contribution in [-0.4, -0.2) is 14.5 Å². The molecule has 3 aromatic rings. The summed E-state index contributed by atoms with van der Waals surface area (Å²) in [5.74, 6) is 0.931. The summed E-state index contributed by atoms with van der Waals surface area (Å²) < 4.78 is 2.04. The number of nitrogens with zero attached hydrogens (tertiary/aromatic N) is 3. The van der Waals surface area contributed by atoms with Crippen LogP contribution in [0.15, 0.2) is 42.0 Å². The highest BCUT2D eigenvalue weighted by molar-refractivity contribution is 7.13. The number of hydrogen-bond donors (Lipinski definition) is 0. The second kappa shape index (κ2) is 5.33. The van der Waals surface area contributed by atoms with Crippen molar-refractivity contribution in [1.29, 1.82) is 0 Å². The Balaban J connectivity index is 1.94. The lowest BCUT2D eigenvalue weighted by molar-refractivity contribution is 0.804. The van der Waals surface area contributed by atoms with Gasteiger partial charge in [0.05, 0.1) is 11.4 Å². The standard InChI is InChI=1S/C13H9Cl2N3S/c14-11-4-3-9(12(15)17-11)8-18-6-5-16-13(18)10-2-1-7-19-10/h1-7H,8H2. The molecule has 3 heterocycles. The van der Waals surface area contributed by atoms with Gasteiger partial charge in [0.25, 0.3) is 0 Å². The van der Waals surface area contributed by atoms with Gasteiger partial charge in [-0.25, -0.2) is 9.97 Å². The van der Waals surface area contributed by atoms with Gasteiger partial charge in [0.15, 0.2) is 0 Å². The van der Waals surface area contributed by atoms with E-state index in [4.69, 9.17) is 23.2 Å². The molecule has 0 saturated heterocycles. The van der Waals surface area contributed by atoms with Crippen LogP contribution in [0.5, 0.6) is 0 Å². The van der Waals surface area contributed by atoms with Crippen LogP contribution >= 0.6 is 34.5 Å². The van der Waals surface area contributed by atoms with Gasteiger partial charge in [-0.1, -0.05) is 35.3 Å². The molecule has 0 N–H and O–H groups in total. The number of imidazole rings is 1. The first-order valence-electron chi connectivity index (χ1n) is 5.60. The zero-order chi connectivity index (χ0) is 13.2. The van der Waals surface area contributed by atoms with Crippen molar-refractivity contribution >= 4 is 34.5 Å². The molecule has 0 saturated carbocycles. The van der Waals surface area contributed by atoms with Gasteiger partial charge in [-0.15, -0.1) is 11.3 Å². The molecule has 0 aliphatic rings. The van der Waals surface area contributed by atoms with E-state index in [-0.39, 0.29) is 0 Å². The maximum absolute atomic E-state index is 6.10. The van der Waals surface area contributed by atoms with E-state index in [1.807, 2.05) is 34.3 Å². The van der Waals surface area contributed by atoms with Gasteiger partial charge in [0, 0.05) is 18.0 Å². The molecule has 0 unspecified atom stereocenters. The minimum atomic E-state index is 0.401. The molecular formula is C13H9Cl2N3S. The molecular weight excluding hydrogens is 301 g/mol. The quantitative estimate of drug-likeness (QED) is 0.673. The Hall–Kier alpha value is -1.36. The van der Waals surface area contributed by atoms with Gasteiger partial charge in [0.2, 0.25) is 0 Å². The number of pyridine rings is 1. The molecule has 3 rings (SSSR count). The fourth-order valence-corrected chi connectivity index (χ4v) is 2.95. The summed E-state index contributed by atoms with van der Waals surface area (Å²) in [5, 5.41) is 2.86.